The number of rotatable bonds is 5. The van der Waals surface area contributed by atoms with E-state index < -0.39 is 0 Å². The molecule has 1 N–H and O–H groups in total. The van der Waals surface area contributed by atoms with Crippen LogP contribution in [0.25, 0.3) is 0 Å². The Morgan fingerprint density at radius 3 is 2.44 bits per heavy atom. The van der Waals surface area contributed by atoms with E-state index in [0.717, 1.165) is 11.3 Å². The van der Waals surface area contributed by atoms with Gasteiger partial charge in [0.1, 0.15) is 13.2 Å². The van der Waals surface area contributed by atoms with E-state index >= 15 is 0 Å². The number of ether oxygens (including phenoxy) is 2. The maximum atomic E-state index is 12.3. The Balaban J connectivity index is 1.62. The second kappa shape index (κ2) is 8.12. The van der Waals surface area contributed by atoms with Crippen molar-refractivity contribution in [2.45, 2.75) is 27.2 Å². The van der Waals surface area contributed by atoms with Gasteiger partial charge < -0.3 is 19.7 Å². The molecule has 27 heavy (non-hydrogen) atoms. The van der Waals surface area contributed by atoms with Gasteiger partial charge in [0.15, 0.2) is 11.5 Å². The van der Waals surface area contributed by atoms with Gasteiger partial charge in [-0.15, -0.1) is 0 Å². The smallest absolute Gasteiger partial charge is 0.226 e. The topological polar surface area (TPSA) is 67.9 Å². The fourth-order valence-corrected chi connectivity index (χ4v) is 2.92. The van der Waals surface area contributed by atoms with E-state index in [9.17, 15) is 9.59 Å². The second-order valence-electron chi connectivity index (χ2n) is 6.60. The SMILES string of the molecule is CC(=O)N(CCC(=O)Nc1ccc2c(c1)OCCO2)c1ccc(C)c(C)c1. The normalized spacial score (nSPS) is 12.4. The summed E-state index contributed by atoms with van der Waals surface area (Å²) in [6.45, 7) is 6.87. The predicted octanol–water partition coefficient (Wildman–Crippen LogP) is 3.46. The fraction of sp³-hybridized carbons (Fsp3) is 0.333. The molecule has 0 aromatic heterocycles. The molecule has 0 saturated heterocycles. The Kier molecular flexibility index (Phi) is 5.64. The van der Waals surface area contributed by atoms with Crippen LogP contribution >= 0.6 is 0 Å². The molecule has 2 aromatic carbocycles. The van der Waals surface area contributed by atoms with E-state index in [-0.39, 0.29) is 18.2 Å². The van der Waals surface area contributed by atoms with Crippen LogP contribution in [0.4, 0.5) is 11.4 Å². The van der Waals surface area contributed by atoms with Crippen LogP contribution in [0, 0.1) is 13.8 Å². The van der Waals surface area contributed by atoms with E-state index in [1.807, 2.05) is 32.0 Å². The minimum atomic E-state index is -0.165. The molecule has 0 radical (unpaired) electrons. The first-order valence-electron chi connectivity index (χ1n) is 8.99. The van der Waals surface area contributed by atoms with Crippen LogP contribution in [0.2, 0.25) is 0 Å². The monoisotopic (exact) mass is 368 g/mol. The molecule has 1 aliphatic heterocycles. The van der Waals surface area contributed by atoms with E-state index in [0.29, 0.717) is 36.9 Å². The largest absolute Gasteiger partial charge is 0.486 e. The molecule has 142 valence electrons. The number of carbonyl (C=O) groups is 2. The van der Waals surface area contributed by atoms with Crippen molar-refractivity contribution in [2.24, 2.45) is 0 Å². The Morgan fingerprint density at radius 2 is 1.74 bits per heavy atom. The van der Waals surface area contributed by atoms with Gasteiger partial charge in [0.05, 0.1) is 0 Å². The number of benzene rings is 2. The quantitative estimate of drug-likeness (QED) is 0.878. The molecule has 6 nitrogen and oxygen atoms in total. The van der Waals surface area contributed by atoms with Gasteiger partial charge in [-0.25, -0.2) is 0 Å². The van der Waals surface area contributed by atoms with Crippen molar-refractivity contribution in [3.8, 4) is 11.5 Å². The molecule has 2 aromatic rings. The lowest BCUT2D eigenvalue weighted by molar-refractivity contribution is -0.117. The van der Waals surface area contributed by atoms with Gasteiger partial charge in [0.2, 0.25) is 11.8 Å². The summed E-state index contributed by atoms with van der Waals surface area (Å²) in [5, 5.41) is 2.85. The Bertz CT molecular complexity index is 863. The highest BCUT2D eigenvalue weighted by molar-refractivity contribution is 5.95. The molecule has 2 amide bonds. The lowest BCUT2D eigenvalue weighted by Gasteiger charge is -2.22. The van der Waals surface area contributed by atoms with Crippen molar-refractivity contribution in [1.29, 1.82) is 0 Å². The molecular formula is C21H24N2O4. The minimum absolute atomic E-state index is 0.0922. The molecule has 0 fully saturated rings. The van der Waals surface area contributed by atoms with E-state index in [1.165, 1.54) is 12.5 Å². The first kappa shape index (κ1) is 18.8. The number of carbonyl (C=O) groups excluding carboxylic acids is 2. The van der Waals surface area contributed by atoms with Crippen LogP contribution < -0.4 is 19.7 Å². The second-order valence-corrected chi connectivity index (χ2v) is 6.60. The zero-order valence-electron chi connectivity index (χ0n) is 15.9. The number of hydrogen-bond donors (Lipinski definition) is 1. The van der Waals surface area contributed by atoms with Crippen molar-refractivity contribution >= 4 is 23.2 Å². The van der Waals surface area contributed by atoms with Crippen molar-refractivity contribution in [2.75, 3.05) is 30.0 Å². The summed E-state index contributed by atoms with van der Waals surface area (Å²) in [5.74, 6) is 1.04. The van der Waals surface area contributed by atoms with Crippen LogP contribution in [-0.2, 0) is 9.59 Å². The number of aryl methyl sites for hydroxylation is 2. The lowest BCUT2D eigenvalue weighted by atomic mass is 10.1. The van der Waals surface area contributed by atoms with Crippen LogP contribution in [0.15, 0.2) is 36.4 Å². The maximum Gasteiger partial charge on any atom is 0.226 e. The van der Waals surface area contributed by atoms with Crippen LogP contribution in [0.5, 0.6) is 11.5 Å². The average molecular weight is 368 g/mol. The van der Waals surface area contributed by atoms with Crippen molar-refractivity contribution in [3.05, 3.63) is 47.5 Å². The highest BCUT2D eigenvalue weighted by atomic mass is 16.6. The minimum Gasteiger partial charge on any atom is -0.486 e. The summed E-state index contributed by atoms with van der Waals surface area (Å²) >= 11 is 0. The third kappa shape index (κ3) is 4.58. The fourth-order valence-electron chi connectivity index (χ4n) is 2.92. The third-order valence-corrected chi connectivity index (χ3v) is 4.57. The molecule has 0 bridgehead atoms. The van der Waals surface area contributed by atoms with Gasteiger partial charge in [-0.1, -0.05) is 6.07 Å². The summed E-state index contributed by atoms with van der Waals surface area (Å²) in [4.78, 5) is 26.0. The van der Waals surface area contributed by atoms with Crippen LogP contribution in [0.1, 0.15) is 24.5 Å². The van der Waals surface area contributed by atoms with Crippen molar-refractivity contribution in [1.82, 2.24) is 0 Å². The number of nitrogens with one attached hydrogen (secondary N) is 1. The van der Waals surface area contributed by atoms with Gasteiger partial charge in [-0.3, -0.25) is 9.59 Å². The van der Waals surface area contributed by atoms with Crippen LogP contribution in [-0.4, -0.2) is 31.6 Å². The zero-order valence-corrected chi connectivity index (χ0v) is 15.9. The van der Waals surface area contributed by atoms with E-state index in [2.05, 4.69) is 5.32 Å². The third-order valence-electron chi connectivity index (χ3n) is 4.57. The van der Waals surface area contributed by atoms with Crippen molar-refractivity contribution < 1.29 is 19.1 Å². The van der Waals surface area contributed by atoms with Crippen molar-refractivity contribution in [3.63, 3.8) is 0 Å². The number of nitrogens with zero attached hydrogens (tertiary/aromatic N) is 1. The van der Waals surface area contributed by atoms with Gasteiger partial charge in [-0.05, 0) is 49.2 Å². The molecule has 6 heteroatoms. The molecule has 0 spiro atoms. The average Bonchev–Trinajstić information content (AvgIpc) is 2.64. The van der Waals surface area contributed by atoms with Gasteiger partial charge >= 0.3 is 0 Å². The molecule has 1 aliphatic rings. The molecule has 1 heterocycles. The summed E-state index contributed by atoms with van der Waals surface area (Å²) in [7, 11) is 0. The summed E-state index contributed by atoms with van der Waals surface area (Å²) in [6.07, 6.45) is 0.195. The molecule has 0 aliphatic carbocycles. The van der Waals surface area contributed by atoms with Gasteiger partial charge in [0, 0.05) is 37.3 Å². The number of amides is 2. The molecule has 0 saturated carbocycles. The van der Waals surface area contributed by atoms with Gasteiger partial charge in [0.25, 0.3) is 0 Å². The van der Waals surface area contributed by atoms with E-state index in [4.69, 9.17) is 9.47 Å². The molecule has 3 rings (SSSR count). The standard InChI is InChI=1S/C21H24N2O4/c1-14-4-6-18(12-15(14)2)23(16(3)24)9-8-21(25)22-17-5-7-19-20(13-17)27-11-10-26-19/h4-7,12-13H,8-11H2,1-3H3,(H,22,25). The highest BCUT2D eigenvalue weighted by Gasteiger charge is 2.16. The Labute approximate surface area is 159 Å². The predicted molar refractivity (Wildman–Crippen MR) is 105 cm³/mol. The molecule has 0 unspecified atom stereocenters. The van der Waals surface area contributed by atoms with E-state index in [1.54, 1.807) is 23.1 Å². The molecular weight excluding hydrogens is 344 g/mol. The number of fused-ring (bicyclic) bond motifs is 1. The van der Waals surface area contributed by atoms with Gasteiger partial charge in [-0.2, -0.15) is 0 Å². The summed E-state index contributed by atoms with van der Waals surface area (Å²) in [6, 6.07) is 11.2. The zero-order chi connectivity index (χ0) is 19.4. The first-order valence-corrected chi connectivity index (χ1v) is 8.99. The van der Waals surface area contributed by atoms with Crippen LogP contribution in [0.3, 0.4) is 0 Å². The maximum absolute atomic E-state index is 12.3. The molecule has 0 atom stereocenters. The highest BCUT2D eigenvalue weighted by Crippen LogP contribution is 2.32. The number of anilines is 2. The Morgan fingerprint density at radius 1 is 1.00 bits per heavy atom. The summed E-state index contributed by atoms with van der Waals surface area (Å²) in [5.41, 5.74) is 3.72. The Hall–Kier alpha value is -3.02. The summed E-state index contributed by atoms with van der Waals surface area (Å²) < 4.78 is 11.0. The number of hydrogen-bond acceptors (Lipinski definition) is 4. The first-order chi connectivity index (χ1) is 12.9. The lowest BCUT2D eigenvalue weighted by Crippen LogP contribution is -2.32.